The second kappa shape index (κ2) is 10.7. The summed E-state index contributed by atoms with van der Waals surface area (Å²) < 4.78 is 6.08. The highest BCUT2D eigenvalue weighted by atomic mass is 35.5. The molecule has 7 rings (SSSR count). The molecular formula is C33H33ClN4O4. The Hall–Kier alpha value is -3.91. The van der Waals surface area contributed by atoms with E-state index in [0.717, 1.165) is 87.1 Å². The van der Waals surface area contributed by atoms with E-state index in [1.54, 1.807) is 18.5 Å². The number of amides is 1. The van der Waals surface area contributed by atoms with E-state index in [2.05, 4.69) is 19.8 Å². The van der Waals surface area contributed by atoms with Gasteiger partial charge in [0.1, 0.15) is 17.1 Å². The van der Waals surface area contributed by atoms with Crippen molar-refractivity contribution < 1.29 is 19.4 Å². The Balaban J connectivity index is 1.04. The Morgan fingerprint density at radius 1 is 1.10 bits per heavy atom. The molecule has 4 heterocycles. The third kappa shape index (κ3) is 4.71. The van der Waals surface area contributed by atoms with E-state index in [4.69, 9.17) is 16.3 Å². The van der Waals surface area contributed by atoms with Gasteiger partial charge in [0, 0.05) is 50.2 Å². The smallest absolute Gasteiger partial charge is 0.339 e. The standard InChI is InChI=1S/C33H33ClN4O4/c34-24-14-23(17-35-18-24)30-33(10-1-2-11-33)32(41)38(30)20-21-8-12-37(13-9-21)25-6-7-27(31(39)40)29(16-25)42-26-15-22-4-3-5-28(22)36-19-26/h3-4,6-7,14-19,21,30H,1-2,5,8-13,20H2,(H,39,40). The van der Waals surface area contributed by atoms with Gasteiger partial charge in [-0.2, -0.15) is 0 Å². The van der Waals surface area contributed by atoms with Gasteiger partial charge in [0.25, 0.3) is 0 Å². The molecule has 2 saturated heterocycles. The molecule has 1 aromatic carbocycles. The Labute approximate surface area is 250 Å². The zero-order valence-corrected chi connectivity index (χ0v) is 24.1. The third-order valence-electron chi connectivity index (χ3n) is 9.50. The molecule has 1 N–H and O–H groups in total. The number of rotatable bonds is 7. The highest BCUT2D eigenvalue weighted by molar-refractivity contribution is 6.30. The van der Waals surface area contributed by atoms with Crippen molar-refractivity contribution in [2.24, 2.45) is 11.3 Å². The Morgan fingerprint density at radius 3 is 2.67 bits per heavy atom. The topological polar surface area (TPSA) is 95.9 Å². The van der Waals surface area contributed by atoms with Crippen LogP contribution in [0.5, 0.6) is 11.5 Å². The minimum atomic E-state index is -1.03. The molecule has 4 aliphatic rings. The van der Waals surface area contributed by atoms with Crippen LogP contribution in [0, 0.1) is 11.3 Å². The van der Waals surface area contributed by atoms with Crippen molar-refractivity contribution >= 4 is 35.2 Å². The van der Waals surface area contributed by atoms with E-state index < -0.39 is 5.97 Å². The number of carbonyl (C=O) groups excluding carboxylic acids is 1. The summed E-state index contributed by atoms with van der Waals surface area (Å²) in [6, 6.07) is 9.20. The zero-order chi connectivity index (χ0) is 28.8. The number of piperidine rings is 1. The molecule has 3 aromatic rings. The summed E-state index contributed by atoms with van der Waals surface area (Å²) in [5.41, 5.74) is 3.78. The molecule has 1 amide bonds. The van der Waals surface area contributed by atoms with Crippen LogP contribution in [-0.4, -0.2) is 51.5 Å². The van der Waals surface area contributed by atoms with Crippen molar-refractivity contribution in [3.63, 3.8) is 0 Å². The number of β-lactam (4-membered cyclic amide) rings is 1. The monoisotopic (exact) mass is 584 g/mol. The number of benzene rings is 1. The normalized spacial score (nSPS) is 21.1. The van der Waals surface area contributed by atoms with Crippen molar-refractivity contribution in [1.29, 1.82) is 0 Å². The van der Waals surface area contributed by atoms with Gasteiger partial charge >= 0.3 is 5.97 Å². The summed E-state index contributed by atoms with van der Waals surface area (Å²) >= 11 is 6.30. The maximum Gasteiger partial charge on any atom is 0.339 e. The summed E-state index contributed by atoms with van der Waals surface area (Å²) in [6.07, 6.45) is 16.0. The first-order valence-electron chi connectivity index (χ1n) is 14.8. The number of pyridine rings is 2. The first-order valence-corrected chi connectivity index (χ1v) is 15.2. The molecule has 1 unspecified atom stereocenters. The number of ether oxygens (including phenoxy) is 1. The number of allylic oxidation sites excluding steroid dienone is 1. The number of aromatic nitrogens is 2. The molecule has 42 heavy (non-hydrogen) atoms. The molecule has 1 saturated carbocycles. The van der Waals surface area contributed by atoms with Crippen LogP contribution in [0.25, 0.3) is 6.08 Å². The average Bonchev–Trinajstić information content (AvgIpc) is 3.68. The van der Waals surface area contributed by atoms with E-state index in [-0.39, 0.29) is 22.9 Å². The molecule has 216 valence electrons. The Bertz CT molecular complexity index is 1580. The maximum absolute atomic E-state index is 13.5. The fraction of sp³-hybridized carbons (Fsp3) is 0.394. The molecule has 3 fully saturated rings. The largest absolute Gasteiger partial charge is 0.478 e. The van der Waals surface area contributed by atoms with Gasteiger partial charge in [-0.05, 0) is 67.0 Å². The number of aromatic carboxylic acids is 1. The van der Waals surface area contributed by atoms with Gasteiger partial charge in [-0.15, -0.1) is 0 Å². The first kappa shape index (κ1) is 27.0. The molecule has 0 bridgehead atoms. The lowest BCUT2D eigenvalue weighted by Gasteiger charge is -2.56. The molecule has 0 radical (unpaired) electrons. The second-order valence-corrected chi connectivity index (χ2v) is 12.4. The molecule has 1 atom stereocenters. The number of nitrogens with zero attached hydrogens (tertiary/aromatic N) is 4. The number of carboxylic acid groups (broad SMARTS) is 1. The van der Waals surface area contributed by atoms with Crippen LogP contribution in [-0.2, 0) is 11.2 Å². The molecule has 1 spiro atoms. The van der Waals surface area contributed by atoms with E-state index in [1.165, 1.54) is 0 Å². The summed E-state index contributed by atoms with van der Waals surface area (Å²) in [5, 5.41) is 10.4. The van der Waals surface area contributed by atoms with E-state index in [9.17, 15) is 14.7 Å². The van der Waals surface area contributed by atoms with Crippen LogP contribution in [0.4, 0.5) is 5.69 Å². The minimum Gasteiger partial charge on any atom is -0.478 e. The SMILES string of the molecule is O=C(O)c1ccc(N2CCC(CN3C(=O)C4(CCCC4)C3c3cncc(Cl)c3)CC2)cc1Oc1cnc2c(c1)C=CC2. The quantitative estimate of drug-likeness (QED) is 0.315. The zero-order valence-electron chi connectivity index (χ0n) is 23.3. The molecular weight excluding hydrogens is 552 g/mol. The summed E-state index contributed by atoms with van der Waals surface area (Å²) in [6.45, 7) is 2.37. The van der Waals surface area contributed by atoms with Gasteiger partial charge in [0.2, 0.25) is 5.91 Å². The summed E-state index contributed by atoms with van der Waals surface area (Å²) in [4.78, 5) is 38.6. The number of carbonyl (C=O) groups is 2. The van der Waals surface area contributed by atoms with Gasteiger partial charge in [-0.25, -0.2) is 4.79 Å². The van der Waals surface area contributed by atoms with Gasteiger partial charge in [0.05, 0.1) is 28.4 Å². The lowest BCUT2D eigenvalue weighted by molar-refractivity contribution is -0.174. The second-order valence-electron chi connectivity index (χ2n) is 12.0. The maximum atomic E-state index is 13.5. The molecule has 2 aliphatic heterocycles. The molecule has 2 aromatic heterocycles. The molecule has 9 heteroatoms. The number of carboxylic acids is 1. The van der Waals surface area contributed by atoms with Gasteiger partial charge in [0.15, 0.2) is 0 Å². The van der Waals surface area contributed by atoms with E-state index in [1.807, 2.05) is 42.6 Å². The lowest BCUT2D eigenvalue weighted by atomic mass is 9.66. The van der Waals surface area contributed by atoms with Gasteiger partial charge in [-0.1, -0.05) is 36.6 Å². The first-order chi connectivity index (χ1) is 20.4. The van der Waals surface area contributed by atoms with Crippen molar-refractivity contribution in [3.05, 3.63) is 82.4 Å². The minimum absolute atomic E-state index is 0.0456. The van der Waals surface area contributed by atoms with Crippen molar-refractivity contribution in [2.75, 3.05) is 24.5 Å². The predicted molar refractivity (Wildman–Crippen MR) is 160 cm³/mol. The Kier molecular flexibility index (Phi) is 6.89. The van der Waals surface area contributed by atoms with Crippen LogP contribution in [0.3, 0.4) is 0 Å². The highest BCUT2D eigenvalue weighted by Crippen LogP contribution is 2.59. The summed E-state index contributed by atoms with van der Waals surface area (Å²) in [7, 11) is 0. The number of hydrogen-bond acceptors (Lipinski definition) is 6. The van der Waals surface area contributed by atoms with Crippen molar-refractivity contribution in [1.82, 2.24) is 14.9 Å². The number of fused-ring (bicyclic) bond motifs is 1. The Morgan fingerprint density at radius 2 is 1.90 bits per heavy atom. The molecule has 2 aliphatic carbocycles. The van der Waals surface area contributed by atoms with Crippen LogP contribution in [0.1, 0.15) is 71.7 Å². The molecule has 8 nitrogen and oxygen atoms in total. The number of hydrogen-bond donors (Lipinski definition) is 1. The number of halogens is 1. The van der Waals surface area contributed by atoms with Crippen molar-refractivity contribution in [3.8, 4) is 11.5 Å². The van der Waals surface area contributed by atoms with E-state index >= 15 is 0 Å². The predicted octanol–water partition coefficient (Wildman–Crippen LogP) is 6.55. The fourth-order valence-corrected chi connectivity index (χ4v) is 7.60. The van der Waals surface area contributed by atoms with Crippen LogP contribution >= 0.6 is 11.6 Å². The number of anilines is 1. The van der Waals surface area contributed by atoms with E-state index in [0.29, 0.717) is 22.4 Å². The van der Waals surface area contributed by atoms with Crippen LogP contribution < -0.4 is 9.64 Å². The van der Waals surface area contributed by atoms with Crippen LogP contribution in [0.15, 0.2) is 55.0 Å². The number of likely N-dealkylation sites (tertiary alicyclic amines) is 1. The average molecular weight is 585 g/mol. The third-order valence-corrected chi connectivity index (χ3v) is 9.71. The lowest BCUT2D eigenvalue weighted by Crippen LogP contribution is -2.63. The van der Waals surface area contributed by atoms with Gasteiger partial charge < -0.3 is 19.6 Å². The summed E-state index contributed by atoms with van der Waals surface area (Å²) in [5.74, 6) is 0.459. The van der Waals surface area contributed by atoms with Gasteiger partial charge in [-0.3, -0.25) is 14.8 Å². The highest BCUT2D eigenvalue weighted by Gasteiger charge is 2.61. The fourth-order valence-electron chi connectivity index (χ4n) is 7.42. The van der Waals surface area contributed by atoms with Crippen molar-refractivity contribution in [2.45, 2.75) is 51.0 Å². The van der Waals surface area contributed by atoms with Crippen LogP contribution in [0.2, 0.25) is 5.02 Å².